The molecule has 2 nitrogen and oxygen atoms in total. The van der Waals surface area contributed by atoms with Crippen LogP contribution in [0.1, 0.15) is 78.6 Å². The van der Waals surface area contributed by atoms with Crippen molar-refractivity contribution in [2.24, 2.45) is 34.5 Å². The van der Waals surface area contributed by atoms with Gasteiger partial charge in [0.15, 0.2) is 0 Å². The number of fused-ring (bicyclic) bond motifs is 5. The molecule has 4 saturated carbocycles. The zero-order valence-electron chi connectivity index (χ0n) is 14.5. The number of ketones is 1. The third-order valence-electron chi connectivity index (χ3n) is 9.04. The van der Waals surface area contributed by atoms with Crippen molar-refractivity contribution in [2.75, 3.05) is 0 Å². The summed E-state index contributed by atoms with van der Waals surface area (Å²) < 4.78 is 0. The highest BCUT2D eigenvalue weighted by Crippen LogP contribution is 2.67. The van der Waals surface area contributed by atoms with E-state index in [0.29, 0.717) is 23.0 Å². The summed E-state index contributed by atoms with van der Waals surface area (Å²) in [7, 11) is 0. The van der Waals surface area contributed by atoms with Crippen LogP contribution in [-0.2, 0) is 4.79 Å². The molecule has 0 saturated heterocycles. The van der Waals surface area contributed by atoms with Crippen LogP contribution in [0.3, 0.4) is 0 Å². The molecule has 4 fully saturated rings. The molecule has 22 heavy (non-hydrogen) atoms. The van der Waals surface area contributed by atoms with Crippen LogP contribution >= 0.6 is 0 Å². The molecule has 4 aliphatic carbocycles. The summed E-state index contributed by atoms with van der Waals surface area (Å²) in [6.07, 6.45) is 9.98. The molecule has 0 radical (unpaired) electrons. The van der Waals surface area contributed by atoms with Crippen LogP contribution in [0.5, 0.6) is 0 Å². The summed E-state index contributed by atoms with van der Waals surface area (Å²) in [6, 6.07) is 0. The third kappa shape index (κ3) is 1.79. The zero-order valence-corrected chi connectivity index (χ0v) is 14.5. The van der Waals surface area contributed by atoms with E-state index >= 15 is 0 Å². The Bertz CT molecular complexity index is 496. The monoisotopic (exact) mass is 304 g/mol. The molecule has 0 unspecified atom stereocenters. The van der Waals surface area contributed by atoms with Crippen molar-refractivity contribution in [3.05, 3.63) is 0 Å². The molecule has 2 heteroatoms. The number of hydrogen-bond donors (Lipinski definition) is 1. The van der Waals surface area contributed by atoms with E-state index in [0.717, 1.165) is 37.5 Å². The maximum Gasteiger partial charge on any atom is 0.133 e. The molecule has 0 aromatic rings. The number of hydrogen-bond acceptors (Lipinski definition) is 2. The maximum absolute atomic E-state index is 11.9. The molecular formula is C20H32O2. The Morgan fingerprint density at radius 2 is 1.68 bits per heavy atom. The molecule has 7 atom stereocenters. The molecule has 0 heterocycles. The van der Waals surface area contributed by atoms with Crippen molar-refractivity contribution in [3.8, 4) is 0 Å². The van der Waals surface area contributed by atoms with Crippen LogP contribution in [0, 0.1) is 34.5 Å². The van der Waals surface area contributed by atoms with E-state index in [1.54, 1.807) is 0 Å². The Balaban J connectivity index is 1.65. The molecule has 0 aliphatic heterocycles. The van der Waals surface area contributed by atoms with Crippen LogP contribution in [0.2, 0.25) is 0 Å². The highest BCUT2D eigenvalue weighted by Gasteiger charge is 2.63. The number of carbonyl (C=O) groups is 1. The van der Waals surface area contributed by atoms with E-state index < -0.39 is 5.60 Å². The Hall–Kier alpha value is -0.370. The fourth-order valence-corrected chi connectivity index (χ4v) is 7.29. The van der Waals surface area contributed by atoms with Crippen LogP contribution in [-0.4, -0.2) is 16.5 Å². The Morgan fingerprint density at radius 1 is 0.955 bits per heavy atom. The van der Waals surface area contributed by atoms with E-state index in [2.05, 4.69) is 20.8 Å². The van der Waals surface area contributed by atoms with E-state index in [-0.39, 0.29) is 5.41 Å². The minimum absolute atomic E-state index is 0.127. The molecule has 124 valence electrons. The molecule has 0 aromatic heterocycles. The van der Waals surface area contributed by atoms with E-state index in [4.69, 9.17) is 0 Å². The highest BCUT2D eigenvalue weighted by molar-refractivity contribution is 5.79. The minimum Gasteiger partial charge on any atom is -0.390 e. The van der Waals surface area contributed by atoms with Crippen LogP contribution in [0.15, 0.2) is 0 Å². The predicted molar refractivity (Wildman–Crippen MR) is 87.4 cm³/mol. The number of Topliss-reactive ketones (excluding diaryl/α,β-unsaturated/α-hetero) is 1. The lowest BCUT2D eigenvalue weighted by atomic mass is 9.44. The zero-order chi connectivity index (χ0) is 15.8. The maximum atomic E-state index is 11.9. The molecule has 0 aromatic carbocycles. The molecule has 0 bridgehead atoms. The van der Waals surface area contributed by atoms with Gasteiger partial charge in [0.25, 0.3) is 0 Å². The van der Waals surface area contributed by atoms with Crippen molar-refractivity contribution in [2.45, 2.75) is 84.2 Å². The largest absolute Gasteiger partial charge is 0.390 e. The third-order valence-corrected chi connectivity index (χ3v) is 9.04. The SMILES string of the molecule is C[C@]12CCC(=O)C[C@@H]1CC[C@@H]1[C@H]2CC[C@@]2(C)[C@H]1CC[C@@]2(C)O. The molecule has 0 spiro atoms. The second-order valence-corrected chi connectivity index (χ2v) is 9.67. The molecule has 4 aliphatic rings. The second-order valence-electron chi connectivity index (χ2n) is 9.67. The average molecular weight is 304 g/mol. The summed E-state index contributed by atoms with van der Waals surface area (Å²) in [4.78, 5) is 11.9. The lowest BCUT2D eigenvalue weighted by molar-refractivity contribution is -0.152. The average Bonchev–Trinajstić information content (AvgIpc) is 2.70. The van der Waals surface area contributed by atoms with Crippen LogP contribution < -0.4 is 0 Å². The van der Waals surface area contributed by atoms with Gasteiger partial charge in [-0.1, -0.05) is 13.8 Å². The fourth-order valence-electron chi connectivity index (χ4n) is 7.29. The van der Waals surface area contributed by atoms with Crippen molar-refractivity contribution >= 4 is 5.78 Å². The van der Waals surface area contributed by atoms with Crippen molar-refractivity contribution < 1.29 is 9.90 Å². The first-order chi connectivity index (χ1) is 10.3. The van der Waals surface area contributed by atoms with Gasteiger partial charge in [-0.3, -0.25) is 4.79 Å². The summed E-state index contributed by atoms with van der Waals surface area (Å²) in [5, 5.41) is 10.9. The summed E-state index contributed by atoms with van der Waals surface area (Å²) in [6.45, 7) is 6.94. The molecule has 1 N–H and O–H groups in total. The standard InChI is InChI=1S/C20H32O2/c1-18-9-6-14(21)12-13(18)4-5-15-16(18)7-10-19(2)17(15)8-11-20(19,3)22/h13,15-17,22H,4-12H2,1-3H3/t13-,15+,16+,17-,18-,19-,20+/m0/s1. The smallest absolute Gasteiger partial charge is 0.133 e. The van der Waals surface area contributed by atoms with E-state index in [1.165, 1.54) is 32.1 Å². The first-order valence-corrected chi connectivity index (χ1v) is 9.52. The van der Waals surface area contributed by atoms with Gasteiger partial charge >= 0.3 is 0 Å². The number of carbonyl (C=O) groups excluding carboxylic acids is 1. The molecule has 0 amide bonds. The Labute approximate surface area is 135 Å². The van der Waals surface area contributed by atoms with Gasteiger partial charge in [0.1, 0.15) is 5.78 Å². The number of rotatable bonds is 0. The summed E-state index contributed by atoms with van der Waals surface area (Å²) in [5.74, 6) is 3.44. The molecule has 4 rings (SSSR count). The lowest BCUT2D eigenvalue weighted by Crippen LogP contribution is -2.55. The first kappa shape index (κ1) is 15.2. The molecular weight excluding hydrogens is 272 g/mol. The minimum atomic E-state index is -0.469. The van der Waals surface area contributed by atoms with E-state index in [9.17, 15) is 9.90 Å². The van der Waals surface area contributed by atoms with Gasteiger partial charge < -0.3 is 5.11 Å². The van der Waals surface area contributed by atoms with Gasteiger partial charge in [0.2, 0.25) is 0 Å². The topological polar surface area (TPSA) is 37.3 Å². The van der Waals surface area contributed by atoms with Crippen LogP contribution in [0.25, 0.3) is 0 Å². The fraction of sp³-hybridized carbons (Fsp3) is 0.950. The van der Waals surface area contributed by atoms with Crippen molar-refractivity contribution in [1.29, 1.82) is 0 Å². The van der Waals surface area contributed by atoms with Crippen molar-refractivity contribution in [3.63, 3.8) is 0 Å². The van der Waals surface area contributed by atoms with E-state index in [1.807, 2.05) is 0 Å². The predicted octanol–water partition coefficient (Wildman–Crippen LogP) is 4.35. The van der Waals surface area contributed by atoms with Crippen LogP contribution in [0.4, 0.5) is 0 Å². The van der Waals surface area contributed by atoms with Gasteiger partial charge in [-0.25, -0.2) is 0 Å². The van der Waals surface area contributed by atoms with Gasteiger partial charge in [0, 0.05) is 12.8 Å². The quantitative estimate of drug-likeness (QED) is 0.722. The Kier molecular flexibility index (Phi) is 3.16. The first-order valence-electron chi connectivity index (χ1n) is 9.52. The Morgan fingerprint density at radius 3 is 2.45 bits per heavy atom. The highest BCUT2D eigenvalue weighted by atomic mass is 16.3. The van der Waals surface area contributed by atoms with Gasteiger partial charge in [-0.05, 0) is 86.4 Å². The summed E-state index contributed by atoms with van der Waals surface area (Å²) >= 11 is 0. The van der Waals surface area contributed by atoms with Gasteiger partial charge in [-0.2, -0.15) is 0 Å². The van der Waals surface area contributed by atoms with Gasteiger partial charge in [0.05, 0.1) is 5.60 Å². The van der Waals surface area contributed by atoms with Crippen molar-refractivity contribution in [1.82, 2.24) is 0 Å². The summed E-state index contributed by atoms with van der Waals surface area (Å²) in [5.41, 5.74) is 0.0530. The second kappa shape index (κ2) is 4.59. The lowest BCUT2D eigenvalue weighted by Gasteiger charge is -2.60. The van der Waals surface area contributed by atoms with Gasteiger partial charge in [-0.15, -0.1) is 0 Å². The normalized spacial score (nSPS) is 57.9. The number of aliphatic hydroxyl groups is 1.